The predicted octanol–water partition coefficient (Wildman–Crippen LogP) is 2.63. The van der Waals surface area contributed by atoms with Crippen molar-refractivity contribution in [2.24, 2.45) is 7.05 Å². The van der Waals surface area contributed by atoms with Crippen molar-refractivity contribution in [1.82, 2.24) is 14.0 Å². The summed E-state index contributed by atoms with van der Waals surface area (Å²) in [6.07, 6.45) is 7.73. The third-order valence-corrected chi connectivity index (χ3v) is 8.22. The lowest BCUT2D eigenvalue weighted by Crippen LogP contribution is -3.00. The molecule has 0 N–H and O–H groups in total. The van der Waals surface area contributed by atoms with Crippen molar-refractivity contribution < 1.29 is 31.0 Å². The molecule has 1 amide bonds. The minimum absolute atomic E-state index is 0. The van der Waals surface area contributed by atoms with Crippen LogP contribution in [0.4, 0.5) is 9.18 Å². The second-order valence-corrected chi connectivity index (χ2v) is 10.8. The van der Waals surface area contributed by atoms with Crippen molar-refractivity contribution in [3.05, 3.63) is 114 Å². The smallest absolute Gasteiger partial charge is 0.328 e. The van der Waals surface area contributed by atoms with Crippen LogP contribution in [0.15, 0.2) is 85.5 Å². The maximum absolute atomic E-state index is 14.0. The van der Waals surface area contributed by atoms with Crippen molar-refractivity contribution in [1.29, 1.82) is 0 Å². The first-order valence-electron chi connectivity index (χ1n) is 12.3. The van der Waals surface area contributed by atoms with Crippen LogP contribution in [0.2, 0.25) is 0 Å². The third-order valence-electron chi connectivity index (χ3n) is 6.96. The Bertz CT molecular complexity index is 1730. The Morgan fingerprint density at radius 1 is 1.03 bits per heavy atom. The van der Waals surface area contributed by atoms with Gasteiger partial charge in [0, 0.05) is 66.1 Å². The molecule has 0 bridgehead atoms. The molecule has 1 atom stereocenters. The maximum Gasteiger partial charge on any atom is 0.328 e. The van der Waals surface area contributed by atoms with E-state index in [4.69, 9.17) is 0 Å². The summed E-state index contributed by atoms with van der Waals surface area (Å²) in [5.74, 6) is 0.306. The van der Waals surface area contributed by atoms with Crippen LogP contribution in [0, 0.1) is 5.82 Å². The van der Waals surface area contributed by atoms with E-state index in [2.05, 4.69) is 16.8 Å². The SMILES string of the molecule is CN(C)C(=O)n1cc(C(=O)c2ccn3c2CS[C@@H]3c2ccc[n+](C)c2)c2ccc(-c3ccc(F)cc3)cc21.[Cl-]. The quantitative estimate of drug-likeness (QED) is 0.251. The number of carbonyl (C=O) groups is 2. The highest BCUT2D eigenvalue weighted by molar-refractivity contribution is 7.99. The van der Waals surface area contributed by atoms with Crippen molar-refractivity contribution in [2.45, 2.75) is 11.1 Å². The molecule has 9 heteroatoms. The molecular formula is C30H26ClFN4O2S. The van der Waals surface area contributed by atoms with E-state index in [0.29, 0.717) is 22.0 Å². The van der Waals surface area contributed by atoms with Crippen LogP contribution in [0.3, 0.4) is 0 Å². The minimum Gasteiger partial charge on any atom is -1.00 e. The lowest BCUT2D eigenvalue weighted by molar-refractivity contribution is -0.671. The molecule has 0 radical (unpaired) electrons. The number of fused-ring (bicyclic) bond motifs is 2. The Balaban J connectivity index is 0.00000308. The number of halogens is 2. The molecule has 0 fully saturated rings. The Morgan fingerprint density at radius 2 is 1.77 bits per heavy atom. The zero-order valence-corrected chi connectivity index (χ0v) is 23.2. The van der Waals surface area contributed by atoms with Crippen molar-refractivity contribution >= 4 is 34.5 Å². The average Bonchev–Trinajstić information content (AvgIpc) is 3.61. The number of benzene rings is 2. The number of hydrogen-bond donors (Lipinski definition) is 0. The predicted molar refractivity (Wildman–Crippen MR) is 147 cm³/mol. The second-order valence-electron chi connectivity index (χ2n) is 9.71. The number of pyridine rings is 1. The summed E-state index contributed by atoms with van der Waals surface area (Å²) in [6, 6.07) is 17.7. The number of amides is 1. The molecule has 6 rings (SSSR count). The number of rotatable bonds is 4. The van der Waals surface area contributed by atoms with Gasteiger partial charge in [-0.05, 0) is 41.5 Å². The van der Waals surface area contributed by atoms with Crippen LogP contribution in [0.1, 0.15) is 32.6 Å². The van der Waals surface area contributed by atoms with Gasteiger partial charge in [-0.1, -0.05) is 24.3 Å². The highest BCUT2D eigenvalue weighted by Crippen LogP contribution is 2.42. The van der Waals surface area contributed by atoms with Gasteiger partial charge in [-0.25, -0.2) is 13.8 Å². The molecule has 4 heterocycles. The molecule has 0 unspecified atom stereocenters. The van der Waals surface area contributed by atoms with Crippen molar-refractivity contribution in [3.63, 3.8) is 0 Å². The molecule has 1 aliphatic heterocycles. The summed E-state index contributed by atoms with van der Waals surface area (Å²) >= 11 is 1.79. The fourth-order valence-corrected chi connectivity index (χ4v) is 6.37. The number of aryl methyl sites for hydroxylation is 1. The molecule has 0 aliphatic carbocycles. The lowest BCUT2D eigenvalue weighted by Gasteiger charge is -2.12. The summed E-state index contributed by atoms with van der Waals surface area (Å²) in [4.78, 5) is 28.6. The van der Waals surface area contributed by atoms with E-state index in [1.807, 2.05) is 54.3 Å². The average molecular weight is 561 g/mol. The maximum atomic E-state index is 14.0. The topological polar surface area (TPSA) is 51.1 Å². The fourth-order valence-electron chi connectivity index (χ4n) is 5.06. The zero-order chi connectivity index (χ0) is 26.6. The van der Waals surface area contributed by atoms with E-state index in [-0.39, 0.29) is 35.4 Å². The van der Waals surface area contributed by atoms with Crippen LogP contribution < -0.4 is 17.0 Å². The second kappa shape index (κ2) is 10.4. The molecule has 6 nitrogen and oxygen atoms in total. The zero-order valence-electron chi connectivity index (χ0n) is 21.6. The summed E-state index contributed by atoms with van der Waals surface area (Å²) in [5.41, 5.74) is 5.59. The standard InChI is InChI=1S/C30H26FN4O2S.ClH/c1-32(2)30(37)35-17-25(23-11-8-20(15-26(23)35)19-6-9-22(31)10-7-19)28(36)24-12-14-34-27(24)18-38-29(34)21-5-4-13-33(3)16-21;/h4-17,29H,18H2,1-3H3;1H/q+1;/p-1/t29-;/m1./s1. The molecule has 0 saturated carbocycles. The largest absolute Gasteiger partial charge is 1.00 e. The summed E-state index contributed by atoms with van der Waals surface area (Å²) in [7, 11) is 5.36. The van der Waals surface area contributed by atoms with E-state index in [1.54, 1.807) is 44.2 Å². The van der Waals surface area contributed by atoms with Gasteiger partial charge >= 0.3 is 6.03 Å². The molecule has 2 aromatic carbocycles. The first-order valence-corrected chi connectivity index (χ1v) is 13.3. The van der Waals surface area contributed by atoms with E-state index < -0.39 is 0 Å². The first kappa shape index (κ1) is 26.7. The van der Waals surface area contributed by atoms with Gasteiger partial charge in [0.2, 0.25) is 0 Å². The van der Waals surface area contributed by atoms with Crippen LogP contribution in [-0.2, 0) is 12.8 Å². The monoisotopic (exact) mass is 560 g/mol. The summed E-state index contributed by atoms with van der Waals surface area (Å²) in [6.45, 7) is 0. The number of aromatic nitrogens is 3. The lowest BCUT2D eigenvalue weighted by atomic mass is 10.00. The Morgan fingerprint density at radius 3 is 2.49 bits per heavy atom. The van der Waals surface area contributed by atoms with Gasteiger partial charge in [-0.15, -0.1) is 11.8 Å². The van der Waals surface area contributed by atoms with Gasteiger partial charge in [-0.3, -0.25) is 9.36 Å². The summed E-state index contributed by atoms with van der Waals surface area (Å²) < 4.78 is 19.2. The highest BCUT2D eigenvalue weighted by Gasteiger charge is 2.31. The van der Waals surface area contributed by atoms with E-state index >= 15 is 0 Å². The molecule has 5 aromatic rings. The van der Waals surface area contributed by atoms with E-state index in [1.165, 1.54) is 27.2 Å². The van der Waals surface area contributed by atoms with Gasteiger partial charge < -0.3 is 21.9 Å². The van der Waals surface area contributed by atoms with Crippen LogP contribution in [0.25, 0.3) is 22.0 Å². The molecule has 0 saturated heterocycles. The minimum atomic E-state index is -0.310. The Kier molecular flexibility index (Phi) is 7.09. The number of hydrogen-bond acceptors (Lipinski definition) is 3. The molecular weight excluding hydrogens is 535 g/mol. The van der Waals surface area contributed by atoms with E-state index in [9.17, 15) is 14.0 Å². The van der Waals surface area contributed by atoms with E-state index in [0.717, 1.165) is 22.6 Å². The number of nitrogens with zero attached hydrogens (tertiary/aromatic N) is 4. The van der Waals surface area contributed by atoms with Gasteiger partial charge in [0.25, 0.3) is 0 Å². The van der Waals surface area contributed by atoms with Gasteiger partial charge in [0.05, 0.1) is 5.52 Å². The van der Waals surface area contributed by atoms with Gasteiger partial charge in [0.1, 0.15) is 18.2 Å². The normalized spacial score (nSPS) is 14.2. The summed E-state index contributed by atoms with van der Waals surface area (Å²) in [5, 5.41) is 0.808. The Labute approximate surface area is 236 Å². The third kappa shape index (κ3) is 4.64. The molecule has 0 spiro atoms. The highest BCUT2D eigenvalue weighted by atomic mass is 35.5. The Hall–Kier alpha value is -3.88. The molecule has 198 valence electrons. The first-order chi connectivity index (χ1) is 18.3. The van der Waals surface area contributed by atoms with Crippen molar-refractivity contribution in [3.8, 4) is 11.1 Å². The van der Waals surface area contributed by atoms with Gasteiger partial charge in [0.15, 0.2) is 18.2 Å². The fraction of sp³-hybridized carbons (Fsp3) is 0.167. The van der Waals surface area contributed by atoms with Crippen molar-refractivity contribution in [2.75, 3.05) is 14.1 Å². The number of ketones is 1. The van der Waals surface area contributed by atoms with Crippen LogP contribution in [0.5, 0.6) is 0 Å². The van der Waals surface area contributed by atoms with Crippen LogP contribution in [-0.4, -0.2) is 39.9 Å². The van der Waals surface area contributed by atoms with Gasteiger partial charge in [-0.2, -0.15) is 0 Å². The molecule has 1 aliphatic rings. The number of thioether (sulfide) groups is 1. The van der Waals surface area contributed by atoms with Crippen LogP contribution >= 0.6 is 11.8 Å². The molecule has 3 aromatic heterocycles. The number of carbonyl (C=O) groups excluding carboxylic acids is 2. The molecule has 39 heavy (non-hydrogen) atoms.